The van der Waals surface area contributed by atoms with Crippen LogP contribution in [0.1, 0.15) is 19.8 Å². The minimum atomic E-state index is -0.454. The maximum Gasteiger partial charge on any atom is 0.263 e. The summed E-state index contributed by atoms with van der Waals surface area (Å²) in [6.07, 6.45) is 1.67. The number of benzene rings is 1. The highest BCUT2D eigenvalue weighted by atomic mass is 79.9. The number of nitrogens with zero attached hydrogens (tertiary/aromatic N) is 1. The van der Waals surface area contributed by atoms with Gasteiger partial charge in [-0.15, -0.1) is 0 Å². The first-order valence-corrected chi connectivity index (χ1v) is 8.25. The highest BCUT2D eigenvalue weighted by molar-refractivity contribution is 9.10. The van der Waals surface area contributed by atoms with Gasteiger partial charge >= 0.3 is 0 Å². The molecule has 0 bridgehead atoms. The Morgan fingerprint density at radius 3 is 2.71 bits per heavy atom. The molecule has 1 atom stereocenters. The summed E-state index contributed by atoms with van der Waals surface area (Å²) < 4.78 is 6.66. The van der Waals surface area contributed by atoms with Crippen molar-refractivity contribution in [1.82, 2.24) is 10.2 Å². The van der Waals surface area contributed by atoms with Gasteiger partial charge in [0.1, 0.15) is 5.75 Å². The minimum absolute atomic E-state index is 0.0775. The topological polar surface area (TPSA) is 41.6 Å². The van der Waals surface area contributed by atoms with Crippen LogP contribution < -0.4 is 10.1 Å². The molecule has 0 saturated carbocycles. The lowest BCUT2D eigenvalue weighted by molar-refractivity contribution is -0.139. The molecule has 21 heavy (non-hydrogen) atoms. The largest absolute Gasteiger partial charge is 0.480 e. The molecule has 0 radical (unpaired) electrons. The normalized spacial score (nSPS) is 17.6. The Morgan fingerprint density at radius 1 is 1.43 bits per heavy atom. The second-order valence-electron chi connectivity index (χ2n) is 5.52. The van der Waals surface area contributed by atoms with Crippen molar-refractivity contribution < 1.29 is 9.53 Å². The summed E-state index contributed by atoms with van der Waals surface area (Å²) >= 11 is 3.44. The molecule has 4 nitrogen and oxygen atoms in total. The smallest absolute Gasteiger partial charge is 0.263 e. The van der Waals surface area contributed by atoms with Crippen molar-refractivity contribution in [2.75, 3.05) is 26.7 Å². The first-order valence-electron chi connectivity index (χ1n) is 7.46. The van der Waals surface area contributed by atoms with Crippen LogP contribution in [0.2, 0.25) is 0 Å². The van der Waals surface area contributed by atoms with Crippen LogP contribution in [0.3, 0.4) is 0 Å². The fraction of sp³-hybridized carbons (Fsp3) is 0.562. The number of para-hydroxylation sites is 1. The zero-order valence-corrected chi connectivity index (χ0v) is 14.2. The lowest BCUT2D eigenvalue weighted by Crippen LogP contribution is -2.45. The van der Waals surface area contributed by atoms with Gasteiger partial charge in [-0.2, -0.15) is 0 Å². The number of ether oxygens (including phenoxy) is 1. The number of carbonyl (C=O) groups is 1. The predicted molar refractivity (Wildman–Crippen MR) is 87.5 cm³/mol. The third-order valence-corrected chi connectivity index (χ3v) is 4.56. The van der Waals surface area contributed by atoms with Crippen LogP contribution in [0.25, 0.3) is 0 Å². The Hall–Kier alpha value is -1.07. The van der Waals surface area contributed by atoms with Crippen molar-refractivity contribution in [3.8, 4) is 5.75 Å². The van der Waals surface area contributed by atoms with Crippen molar-refractivity contribution in [3.63, 3.8) is 0 Å². The highest BCUT2D eigenvalue weighted by Crippen LogP contribution is 2.25. The van der Waals surface area contributed by atoms with Crippen molar-refractivity contribution in [2.24, 2.45) is 5.92 Å². The second kappa shape index (κ2) is 7.80. The minimum Gasteiger partial charge on any atom is -0.480 e. The van der Waals surface area contributed by atoms with Gasteiger partial charge in [0.25, 0.3) is 5.91 Å². The van der Waals surface area contributed by atoms with E-state index in [1.807, 2.05) is 43.1 Å². The number of likely N-dealkylation sites (tertiary alicyclic amines) is 1. The van der Waals surface area contributed by atoms with Gasteiger partial charge in [0.15, 0.2) is 6.10 Å². The molecule has 1 aromatic rings. The van der Waals surface area contributed by atoms with Gasteiger partial charge in [0, 0.05) is 13.1 Å². The van der Waals surface area contributed by atoms with Crippen molar-refractivity contribution in [1.29, 1.82) is 0 Å². The van der Waals surface area contributed by atoms with E-state index in [9.17, 15) is 4.79 Å². The number of piperidine rings is 1. The Balaban J connectivity index is 1.87. The molecule has 0 spiro atoms. The van der Waals surface area contributed by atoms with Crippen molar-refractivity contribution in [2.45, 2.75) is 25.9 Å². The molecule has 1 aromatic carbocycles. The van der Waals surface area contributed by atoms with Crippen LogP contribution >= 0.6 is 15.9 Å². The van der Waals surface area contributed by atoms with Crippen LogP contribution in [0, 0.1) is 5.92 Å². The summed E-state index contributed by atoms with van der Waals surface area (Å²) in [6, 6.07) is 7.61. The zero-order chi connectivity index (χ0) is 15.2. The molecule has 1 amide bonds. The van der Waals surface area contributed by atoms with E-state index in [1.54, 1.807) is 0 Å². The van der Waals surface area contributed by atoms with E-state index in [2.05, 4.69) is 21.2 Å². The van der Waals surface area contributed by atoms with Crippen LogP contribution in [0.4, 0.5) is 0 Å². The third kappa shape index (κ3) is 4.45. The summed E-state index contributed by atoms with van der Waals surface area (Å²) in [5.41, 5.74) is 0. The van der Waals surface area contributed by atoms with E-state index in [1.165, 1.54) is 0 Å². The number of hydrogen-bond acceptors (Lipinski definition) is 3. The molecule has 5 heteroatoms. The molecule has 1 unspecified atom stereocenters. The first kappa shape index (κ1) is 16.3. The van der Waals surface area contributed by atoms with Gasteiger partial charge in [0.2, 0.25) is 0 Å². The molecular weight excluding hydrogens is 332 g/mol. The third-order valence-electron chi connectivity index (χ3n) is 3.91. The molecule has 116 valence electrons. The second-order valence-corrected chi connectivity index (χ2v) is 6.37. The quantitative estimate of drug-likeness (QED) is 0.883. The molecule has 1 fully saturated rings. The van der Waals surface area contributed by atoms with Gasteiger partial charge in [-0.3, -0.25) is 4.79 Å². The summed E-state index contributed by atoms with van der Waals surface area (Å²) in [6.45, 7) is 4.51. The number of halogens is 1. The molecule has 1 saturated heterocycles. The van der Waals surface area contributed by atoms with Crippen LogP contribution in [-0.4, -0.2) is 43.6 Å². The Morgan fingerprint density at radius 2 is 2.10 bits per heavy atom. The van der Waals surface area contributed by atoms with Gasteiger partial charge in [-0.05, 0) is 67.3 Å². The van der Waals surface area contributed by atoms with Gasteiger partial charge in [-0.1, -0.05) is 12.1 Å². The molecule has 1 heterocycles. The van der Waals surface area contributed by atoms with Crippen molar-refractivity contribution in [3.05, 3.63) is 28.7 Å². The predicted octanol–water partition coefficient (Wildman–Crippen LogP) is 2.67. The summed E-state index contributed by atoms with van der Waals surface area (Å²) in [5.74, 6) is 1.47. The first-order chi connectivity index (χ1) is 10.1. The number of rotatable bonds is 5. The lowest BCUT2D eigenvalue weighted by atomic mass is 9.96. The molecular formula is C16H23BrN2O2. The summed E-state index contributed by atoms with van der Waals surface area (Å²) in [7, 11) is 1.98. The maximum atomic E-state index is 12.4. The number of nitrogens with one attached hydrogen (secondary N) is 1. The Bertz CT molecular complexity index is 473. The average Bonchev–Trinajstić information content (AvgIpc) is 2.50. The lowest BCUT2D eigenvalue weighted by Gasteiger charge is -2.33. The van der Waals surface area contributed by atoms with Gasteiger partial charge < -0.3 is 15.0 Å². The van der Waals surface area contributed by atoms with Gasteiger partial charge in [-0.25, -0.2) is 0 Å². The fourth-order valence-corrected chi connectivity index (χ4v) is 3.06. The standard InChI is InChI=1S/C16H23BrN2O2/c1-12(21-15-6-4-3-5-14(15)17)16(20)19-9-7-13(8-10-19)11-18-2/h3-6,12-13,18H,7-11H2,1-2H3. The SMILES string of the molecule is CNCC1CCN(C(=O)C(C)Oc2ccccc2Br)CC1. The van der Waals surface area contributed by atoms with Crippen LogP contribution in [0.5, 0.6) is 5.75 Å². The monoisotopic (exact) mass is 354 g/mol. The summed E-state index contributed by atoms with van der Waals surface area (Å²) in [5, 5.41) is 3.21. The Kier molecular flexibility index (Phi) is 6.06. The number of hydrogen-bond donors (Lipinski definition) is 1. The highest BCUT2D eigenvalue weighted by Gasteiger charge is 2.26. The molecule has 0 aliphatic carbocycles. The average molecular weight is 355 g/mol. The van der Waals surface area contributed by atoms with E-state index >= 15 is 0 Å². The summed E-state index contributed by atoms with van der Waals surface area (Å²) in [4.78, 5) is 14.4. The number of carbonyl (C=O) groups excluding carboxylic acids is 1. The van der Waals surface area contributed by atoms with Crippen molar-refractivity contribution >= 4 is 21.8 Å². The molecule has 2 rings (SSSR count). The molecule has 0 aromatic heterocycles. The maximum absolute atomic E-state index is 12.4. The van der Waals surface area contributed by atoms with Gasteiger partial charge in [0.05, 0.1) is 4.47 Å². The van der Waals surface area contributed by atoms with Crippen LogP contribution in [0.15, 0.2) is 28.7 Å². The molecule has 1 aliphatic rings. The number of amides is 1. The van der Waals surface area contributed by atoms with Crippen LogP contribution in [-0.2, 0) is 4.79 Å². The molecule has 1 N–H and O–H groups in total. The zero-order valence-electron chi connectivity index (χ0n) is 12.6. The van der Waals surface area contributed by atoms with E-state index in [-0.39, 0.29) is 5.91 Å². The van der Waals surface area contributed by atoms with E-state index in [0.717, 1.165) is 36.9 Å². The van der Waals surface area contributed by atoms with E-state index < -0.39 is 6.10 Å². The van der Waals surface area contributed by atoms with E-state index in [0.29, 0.717) is 11.7 Å². The fourth-order valence-electron chi connectivity index (χ4n) is 2.68. The Labute approximate surface area is 135 Å². The van der Waals surface area contributed by atoms with E-state index in [4.69, 9.17) is 4.74 Å². The molecule has 1 aliphatic heterocycles.